The molecule has 0 bridgehead atoms. The molecule has 0 unspecified atom stereocenters. The van der Waals surface area contributed by atoms with Gasteiger partial charge < -0.3 is 4.74 Å². The van der Waals surface area contributed by atoms with Crippen molar-refractivity contribution in [2.75, 3.05) is 12.0 Å². The summed E-state index contributed by atoms with van der Waals surface area (Å²) < 4.78 is 5.17. The third-order valence-corrected chi connectivity index (χ3v) is 1.39. The van der Waals surface area contributed by atoms with E-state index in [9.17, 15) is 10.1 Å². The molecule has 0 saturated carbocycles. The Morgan fingerprint density at radius 3 is 2.54 bits per heavy atom. The molecule has 13 heavy (non-hydrogen) atoms. The van der Waals surface area contributed by atoms with Crippen molar-refractivity contribution < 1.29 is 9.77 Å². The van der Waals surface area contributed by atoms with Crippen molar-refractivity contribution >= 4 is 5.69 Å². The third-order valence-electron chi connectivity index (χ3n) is 1.39. The first-order chi connectivity index (χ1) is 6.22. The van der Waals surface area contributed by atoms with Crippen LogP contribution in [0.4, 0.5) is 5.69 Å². The summed E-state index contributed by atoms with van der Waals surface area (Å²) in [4.78, 5) is 10.0. The lowest BCUT2D eigenvalue weighted by atomic mass is 10.3. The Bertz CT molecular complexity index is 284. The second kappa shape index (κ2) is 4.30. The first-order valence-corrected chi connectivity index (χ1v) is 3.86. The maximum Gasteiger partial charge on any atom is 0.162 e. The summed E-state index contributed by atoms with van der Waals surface area (Å²) in [7, 11) is 0. The van der Waals surface area contributed by atoms with Gasteiger partial charge in [0.15, 0.2) is 5.03 Å². The Morgan fingerprint density at radius 1 is 1.46 bits per heavy atom. The molecule has 0 radical (unpaired) electrons. The number of rotatable bonds is 4. The fraction of sp³-hybridized carbons (Fsp3) is 0.250. The Hall–Kier alpha value is -1.78. The highest BCUT2D eigenvalue weighted by molar-refractivity contribution is 5.44. The topological polar surface area (TPSA) is 64.4 Å². The maximum atomic E-state index is 10.0. The van der Waals surface area contributed by atoms with Crippen LogP contribution in [0.5, 0.6) is 5.75 Å². The average Bonchev–Trinajstić information content (AvgIpc) is 2.08. The molecular weight excluding hydrogens is 172 g/mol. The van der Waals surface area contributed by atoms with Crippen LogP contribution in [0, 0.1) is 10.1 Å². The van der Waals surface area contributed by atoms with E-state index >= 15 is 0 Å². The normalized spacial score (nSPS) is 9.31. The van der Waals surface area contributed by atoms with E-state index in [0.29, 0.717) is 18.0 Å². The first kappa shape index (κ1) is 9.31. The van der Waals surface area contributed by atoms with E-state index in [1.54, 1.807) is 24.3 Å². The SMILES string of the molecule is CCOc1ccc(N[N+](=O)[O-])cc1. The van der Waals surface area contributed by atoms with E-state index in [1.807, 2.05) is 12.3 Å². The minimum absolute atomic E-state index is 0.438. The molecule has 1 rings (SSSR count). The summed E-state index contributed by atoms with van der Waals surface area (Å²) in [6, 6.07) is 6.53. The third kappa shape index (κ3) is 2.98. The average molecular weight is 182 g/mol. The smallest absolute Gasteiger partial charge is 0.162 e. The molecule has 0 aliphatic heterocycles. The van der Waals surface area contributed by atoms with Gasteiger partial charge >= 0.3 is 0 Å². The summed E-state index contributed by atoms with van der Waals surface area (Å²) >= 11 is 0. The van der Waals surface area contributed by atoms with Crippen molar-refractivity contribution in [1.29, 1.82) is 0 Å². The molecular formula is C8H10N2O3. The van der Waals surface area contributed by atoms with Crippen LogP contribution < -0.4 is 10.2 Å². The van der Waals surface area contributed by atoms with Crippen LogP contribution >= 0.6 is 0 Å². The van der Waals surface area contributed by atoms with Crippen molar-refractivity contribution in [2.45, 2.75) is 6.92 Å². The molecule has 0 spiro atoms. The van der Waals surface area contributed by atoms with Crippen LogP contribution in [0.25, 0.3) is 0 Å². The monoisotopic (exact) mass is 182 g/mol. The van der Waals surface area contributed by atoms with E-state index in [2.05, 4.69) is 0 Å². The molecule has 70 valence electrons. The summed E-state index contributed by atoms with van der Waals surface area (Å²) in [5.74, 6) is 0.705. The molecule has 5 nitrogen and oxygen atoms in total. The molecule has 0 heterocycles. The summed E-state index contributed by atoms with van der Waals surface area (Å²) in [5.41, 5.74) is 2.48. The number of anilines is 1. The van der Waals surface area contributed by atoms with Crippen LogP contribution in [0.3, 0.4) is 0 Å². The summed E-state index contributed by atoms with van der Waals surface area (Å²) in [6.07, 6.45) is 0. The van der Waals surface area contributed by atoms with Gasteiger partial charge in [-0.25, -0.2) is 10.1 Å². The Morgan fingerprint density at radius 2 is 2.08 bits per heavy atom. The molecule has 0 aliphatic rings. The number of hydrogen-bond acceptors (Lipinski definition) is 3. The largest absolute Gasteiger partial charge is 0.494 e. The van der Waals surface area contributed by atoms with E-state index in [1.165, 1.54) is 0 Å². The minimum atomic E-state index is -0.602. The fourth-order valence-electron chi connectivity index (χ4n) is 0.898. The van der Waals surface area contributed by atoms with Crippen LogP contribution in [0.15, 0.2) is 24.3 Å². The number of nitrogens with zero attached hydrogens (tertiary/aromatic N) is 1. The lowest BCUT2D eigenvalue weighted by Gasteiger charge is -2.02. The zero-order chi connectivity index (χ0) is 9.68. The molecule has 0 amide bonds. The standard InChI is InChI=1S/C8H10N2O3/c1-2-13-8-5-3-7(4-6-8)9-10(11)12/h3-6,9H,2H2,1H3. The molecule has 0 atom stereocenters. The second-order valence-corrected chi connectivity index (χ2v) is 2.33. The van der Waals surface area contributed by atoms with Crippen molar-refractivity contribution in [1.82, 2.24) is 0 Å². The zero-order valence-corrected chi connectivity index (χ0v) is 7.19. The number of hydrogen-bond donors (Lipinski definition) is 1. The van der Waals surface area contributed by atoms with Gasteiger partial charge in [0.2, 0.25) is 0 Å². The van der Waals surface area contributed by atoms with Gasteiger partial charge in [0.05, 0.1) is 6.61 Å². The van der Waals surface area contributed by atoms with Crippen LogP contribution in [-0.4, -0.2) is 11.6 Å². The van der Waals surface area contributed by atoms with Gasteiger partial charge in [-0.2, -0.15) is 0 Å². The highest BCUT2D eigenvalue weighted by Gasteiger charge is 1.98. The molecule has 0 aromatic heterocycles. The van der Waals surface area contributed by atoms with Gasteiger partial charge in [-0.15, -0.1) is 5.43 Å². The van der Waals surface area contributed by atoms with Crippen molar-refractivity contribution in [3.63, 3.8) is 0 Å². The number of benzene rings is 1. The highest BCUT2D eigenvalue weighted by atomic mass is 16.7. The van der Waals surface area contributed by atoms with Crippen molar-refractivity contribution in [2.24, 2.45) is 0 Å². The van der Waals surface area contributed by atoms with Gasteiger partial charge in [0.1, 0.15) is 11.4 Å². The summed E-state index contributed by atoms with van der Waals surface area (Å²) in [6.45, 7) is 2.46. The predicted octanol–water partition coefficient (Wildman–Crippen LogP) is 1.69. The summed E-state index contributed by atoms with van der Waals surface area (Å²) in [5, 5.41) is 9.44. The Balaban J connectivity index is 2.64. The van der Waals surface area contributed by atoms with E-state index in [4.69, 9.17) is 4.74 Å². The van der Waals surface area contributed by atoms with Gasteiger partial charge in [-0.1, -0.05) is 0 Å². The van der Waals surface area contributed by atoms with E-state index in [0.717, 1.165) is 0 Å². The van der Waals surface area contributed by atoms with Crippen LogP contribution in [-0.2, 0) is 0 Å². The number of hydrazine groups is 1. The zero-order valence-electron chi connectivity index (χ0n) is 7.19. The van der Waals surface area contributed by atoms with E-state index < -0.39 is 5.03 Å². The van der Waals surface area contributed by atoms with Crippen LogP contribution in [0.2, 0.25) is 0 Å². The molecule has 1 N–H and O–H groups in total. The van der Waals surface area contributed by atoms with Gasteiger partial charge in [-0.3, -0.25) is 0 Å². The first-order valence-electron chi connectivity index (χ1n) is 3.86. The molecule has 0 aliphatic carbocycles. The Kier molecular flexibility index (Phi) is 3.08. The molecule has 1 aromatic rings. The second-order valence-electron chi connectivity index (χ2n) is 2.33. The highest BCUT2D eigenvalue weighted by Crippen LogP contribution is 2.15. The van der Waals surface area contributed by atoms with E-state index in [-0.39, 0.29) is 0 Å². The van der Waals surface area contributed by atoms with Gasteiger partial charge in [0.25, 0.3) is 0 Å². The van der Waals surface area contributed by atoms with Gasteiger partial charge in [-0.05, 0) is 31.2 Å². The lowest BCUT2D eigenvalue weighted by Crippen LogP contribution is -2.07. The predicted molar refractivity (Wildman–Crippen MR) is 48.2 cm³/mol. The molecule has 5 heteroatoms. The van der Waals surface area contributed by atoms with Gasteiger partial charge in [0, 0.05) is 0 Å². The minimum Gasteiger partial charge on any atom is -0.494 e. The quantitative estimate of drug-likeness (QED) is 0.568. The maximum absolute atomic E-state index is 10.0. The molecule has 0 fully saturated rings. The number of nitrogens with one attached hydrogen (secondary N) is 1. The van der Waals surface area contributed by atoms with Crippen molar-refractivity contribution in [3.05, 3.63) is 34.4 Å². The van der Waals surface area contributed by atoms with Crippen molar-refractivity contribution in [3.8, 4) is 5.75 Å². The lowest BCUT2D eigenvalue weighted by molar-refractivity contribution is -0.445. The number of nitro groups is 1. The Labute approximate surface area is 75.4 Å². The molecule has 0 saturated heterocycles. The number of ether oxygens (including phenoxy) is 1. The fourth-order valence-corrected chi connectivity index (χ4v) is 0.898. The molecule has 1 aromatic carbocycles. The van der Waals surface area contributed by atoms with Crippen LogP contribution in [0.1, 0.15) is 6.92 Å².